The van der Waals surface area contributed by atoms with E-state index in [-0.39, 0.29) is 18.9 Å². The van der Waals surface area contributed by atoms with Crippen LogP contribution < -0.4 is 5.32 Å². The summed E-state index contributed by atoms with van der Waals surface area (Å²) in [6, 6.07) is -0.763. The summed E-state index contributed by atoms with van der Waals surface area (Å²) in [5, 5.41) is 33.3. The molecule has 1 amide bonds. The van der Waals surface area contributed by atoms with Gasteiger partial charge in [-0.2, -0.15) is 0 Å². The zero-order valence-corrected chi connectivity index (χ0v) is 36.1. The van der Waals surface area contributed by atoms with Crippen molar-refractivity contribution in [3.8, 4) is 0 Å². The second-order valence-electron chi connectivity index (χ2n) is 16.4. The highest BCUT2D eigenvalue weighted by molar-refractivity contribution is 5.76. The van der Waals surface area contributed by atoms with Crippen LogP contribution in [0.4, 0.5) is 0 Å². The Bertz CT molecular complexity index is 840. The van der Waals surface area contributed by atoms with Crippen LogP contribution >= 0.6 is 0 Å². The van der Waals surface area contributed by atoms with E-state index in [0.717, 1.165) is 44.9 Å². The topological polar surface area (TPSA) is 89.8 Å². The van der Waals surface area contributed by atoms with Gasteiger partial charge in [0.05, 0.1) is 31.3 Å². The van der Waals surface area contributed by atoms with Crippen molar-refractivity contribution in [1.82, 2.24) is 5.32 Å². The minimum Gasteiger partial charge on any atom is -0.394 e. The number of hydrogen-bond donors (Lipinski definition) is 4. The third-order valence-electron chi connectivity index (χ3n) is 10.9. The molecule has 0 heterocycles. The second kappa shape index (κ2) is 44.3. The minimum absolute atomic E-state index is 0.000873. The second-order valence-corrected chi connectivity index (χ2v) is 16.4. The quantitative estimate of drug-likeness (QED) is 0.0368. The fourth-order valence-electron chi connectivity index (χ4n) is 7.23. The van der Waals surface area contributed by atoms with Gasteiger partial charge >= 0.3 is 0 Å². The number of carbonyl (C=O) groups excluding carboxylic acids is 1. The normalized spacial score (nSPS) is 13.8. The van der Waals surface area contributed by atoms with Crippen LogP contribution in [0.5, 0.6) is 0 Å². The van der Waals surface area contributed by atoms with E-state index in [1.54, 1.807) is 6.08 Å². The van der Waals surface area contributed by atoms with Crippen molar-refractivity contribution >= 4 is 5.91 Å². The molecule has 5 heteroatoms. The SMILES string of the molecule is CCCCCCCCCCCC/C=C\CCCCCCCC(O)CC(=O)NC(CO)C(O)/C=C/CC/C=C/CCCCCCCCCCCCCCCC. The van der Waals surface area contributed by atoms with E-state index in [4.69, 9.17) is 0 Å². The third-order valence-corrected chi connectivity index (χ3v) is 10.9. The Balaban J connectivity index is 3.69. The Morgan fingerprint density at radius 2 is 0.796 bits per heavy atom. The fourth-order valence-corrected chi connectivity index (χ4v) is 7.23. The van der Waals surface area contributed by atoms with Crippen molar-refractivity contribution in [1.29, 1.82) is 0 Å². The number of rotatable bonds is 43. The molecule has 0 rings (SSSR count). The molecular formula is C49H93NO4. The fraction of sp³-hybridized carbons (Fsp3) is 0.857. The Hall–Kier alpha value is -1.43. The molecule has 0 aromatic rings. The molecule has 0 aliphatic carbocycles. The molecule has 0 saturated carbocycles. The summed E-state index contributed by atoms with van der Waals surface area (Å²) in [4.78, 5) is 12.5. The lowest BCUT2D eigenvalue weighted by Crippen LogP contribution is -2.45. The molecular weight excluding hydrogens is 667 g/mol. The summed E-state index contributed by atoms with van der Waals surface area (Å²) in [6.07, 6.45) is 55.8. The Kier molecular flexibility index (Phi) is 43.1. The van der Waals surface area contributed by atoms with E-state index < -0.39 is 18.2 Å². The highest BCUT2D eigenvalue weighted by Gasteiger charge is 2.20. The molecule has 0 aromatic carbocycles. The molecule has 5 nitrogen and oxygen atoms in total. The Labute approximate surface area is 336 Å². The molecule has 4 N–H and O–H groups in total. The van der Waals surface area contributed by atoms with Crippen molar-refractivity contribution in [2.75, 3.05) is 6.61 Å². The number of amides is 1. The van der Waals surface area contributed by atoms with E-state index in [1.165, 1.54) is 173 Å². The Morgan fingerprint density at radius 3 is 1.19 bits per heavy atom. The standard InChI is InChI=1S/C49H93NO4/c1-3-5-7-9-11-13-15-17-19-21-23-25-27-29-31-33-35-37-39-41-43-48(53)47(45-51)50-49(54)44-46(52)42-40-38-36-34-32-30-28-26-24-22-20-18-16-14-12-10-8-6-4-2/h26,28,33,35,41,43,46-48,51-53H,3-25,27,29-32,34,36-40,42,44-45H2,1-2H3,(H,50,54)/b28-26-,35-33+,43-41+. The van der Waals surface area contributed by atoms with Crippen LogP contribution in [0.25, 0.3) is 0 Å². The number of allylic oxidation sites excluding steroid dienone is 5. The molecule has 0 bridgehead atoms. The molecule has 3 unspecified atom stereocenters. The summed E-state index contributed by atoms with van der Waals surface area (Å²) in [5.74, 6) is -0.329. The summed E-state index contributed by atoms with van der Waals surface area (Å²) >= 11 is 0. The molecule has 3 atom stereocenters. The average molecular weight is 760 g/mol. The predicted octanol–water partition coefficient (Wildman–Crippen LogP) is 13.9. The molecule has 0 radical (unpaired) electrons. The molecule has 0 fully saturated rings. The lowest BCUT2D eigenvalue weighted by Gasteiger charge is -2.20. The number of carbonyl (C=O) groups is 1. The van der Waals surface area contributed by atoms with Crippen LogP contribution in [0.2, 0.25) is 0 Å². The van der Waals surface area contributed by atoms with Crippen LogP contribution in [0.1, 0.15) is 245 Å². The number of hydrogen-bond acceptors (Lipinski definition) is 4. The highest BCUT2D eigenvalue weighted by atomic mass is 16.3. The van der Waals surface area contributed by atoms with Crippen molar-refractivity contribution in [2.24, 2.45) is 0 Å². The maximum absolute atomic E-state index is 12.5. The lowest BCUT2D eigenvalue weighted by molar-refractivity contribution is -0.124. The first-order chi connectivity index (χ1) is 26.5. The zero-order valence-electron chi connectivity index (χ0n) is 36.1. The van der Waals surface area contributed by atoms with Gasteiger partial charge in [-0.15, -0.1) is 0 Å². The van der Waals surface area contributed by atoms with Crippen molar-refractivity contribution < 1.29 is 20.1 Å². The molecule has 0 aromatic heterocycles. The average Bonchev–Trinajstić information content (AvgIpc) is 3.16. The maximum atomic E-state index is 12.5. The Morgan fingerprint density at radius 1 is 0.463 bits per heavy atom. The highest BCUT2D eigenvalue weighted by Crippen LogP contribution is 2.15. The van der Waals surface area contributed by atoms with Gasteiger partial charge in [-0.25, -0.2) is 0 Å². The molecule has 318 valence electrons. The first kappa shape index (κ1) is 52.6. The maximum Gasteiger partial charge on any atom is 0.222 e. The van der Waals surface area contributed by atoms with Gasteiger partial charge in [0.25, 0.3) is 0 Å². The van der Waals surface area contributed by atoms with Crippen molar-refractivity contribution in [2.45, 2.75) is 263 Å². The largest absolute Gasteiger partial charge is 0.394 e. The number of unbranched alkanes of at least 4 members (excludes halogenated alkanes) is 30. The number of nitrogens with one attached hydrogen (secondary N) is 1. The van der Waals surface area contributed by atoms with Crippen LogP contribution in [-0.2, 0) is 4.79 Å². The van der Waals surface area contributed by atoms with Gasteiger partial charge < -0.3 is 20.6 Å². The van der Waals surface area contributed by atoms with Gasteiger partial charge in [0, 0.05) is 0 Å². The van der Waals surface area contributed by atoms with Gasteiger partial charge in [-0.1, -0.05) is 217 Å². The predicted molar refractivity (Wildman–Crippen MR) is 236 cm³/mol. The zero-order chi connectivity index (χ0) is 39.4. The van der Waals surface area contributed by atoms with Gasteiger partial charge in [0.2, 0.25) is 5.91 Å². The third kappa shape index (κ3) is 40.2. The summed E-state index contributed by atoms with van der Waals surface area (Å²) in [5.41, 5.74) is 0. The number of aliphatic hydroxyl groups is 3. The lowest BCUT2D eigenvalue weighted by atomic mass is 10.0. The van der Waals surface area contributed by atoms with E-state index in [1.807, 2.05) is 6.08 Å². The van der Waals surface area contributed by atoms with E-state index in [2.05, 4.69) is 43.5 Å². The summed E-state index contributed by atoms with van der Waals surface area (Å²) in [6.45, 7) is 4.21. The van der Waals surface area contributed by atoms with Crippen LogP contribution in [0.15, 0.2) is 36.5 Å². The molecule has 0 saturated heterocycles. The first-order valence-electron chi connectivity index (χ1n) is 23.8. The molecule has 54 heavy (non-hydrogen) atoms. The molecule has 0 aliphatic rings. The van der Waals surface area contributed by atoms with Crippen LogP contribution in [0.3, 0.4) is 0 Å². The number of aliphatic hydroxyl groups excluding tert-OH is 3. The summed E-state index contributed by atoms with van der Waals surface area (Å²) < 4.78 is 0. The van der Waals surface area contributed by atoms with Crippen LogP contribution in [0, 0.1) is 0 Å². The van der Waals surface area contributed by atoms with E-state index in [0.29, 0.717) is 6.42 Å². The van der Waals surface area contributed by atoms with Crippen LogP contribution in [-0.4, -0.2) is 46.1 Å². The molecule has 0 spiro atoms. The van der Waals surface area contributed by atoms with Gasteiger partial charge in [0.15, 0.2) is 0 Å². The minimum atomic E-state index is -0.954. The van der Waals surface area contributed by atoms with E-state index >= 15 is 0 Å². The summed E-state index contributed by atoms with van der Waals surface area (Å²) in [7, 11) is 0. The van der Waals surface area contributed by atoms with Crippen molar-refractivity contribution in [3.63, 3.8) is 0 Å². The van der Waals surface area contributed by atoms with E-state index in [9.17, 15) is 20.1 Å². The first-order valence-corrected chi connectivity index (χ1v) is 23.8. The van der Waals surface area contributed by atoms with Crippen molar-refractivity contribution in [3.05, 3.63) is 36.5 Å². The smallest absolute Gasteiger partial charge is 0.222 e. The molecule has 0 aliphatic heterocycles. The van der Waals surface area contributed by atoms with Gasteiger partial charge in [-0.3, -0.25) is 4.79 Å². The van der Waals surface area contributed by atoms with Gasteiger partial charge in [-0.05, 0) is 57.8 Å². The van der Waals surface area contributed by atoms with Gasteiger partial charge in [0.1, 0.15) is 0 Å². The monoisotopic (exact) mass is 760 g/mol.